The minimum absolute atomic E-state index is 0.191. The predicted octanol–water partition coefficient (Wildman–Crippen LogP) is 4.55. The fourth-order valence-corrected chi connectivity index (χ4v) is 2.89. The summed E-state index contributed by atoms with van der Waals surface area (Å²) in [5.74, 6) is 0. The molecule has 0 aliphatic carbocycles. The van der Waals surface area contributed by atoms with Crippen LogP contribution in [0, 0.1) is 10.1 Å². The van der Waals surface area contributed by atoms with E-state index in [-0.39, 0.29) is 10.6 Å². The molecule has 3 rings (SSSR count). The van der Waals surface area contributed by atoms with E-state index in [1.54, 1.807) is 12.1 Å². The van der Waals surface area contributed by atoms with Gasteiger partial charge in [0.15, 0.2) is 0 Å². The van der Waals surface area contributed by atoms with E-state index in [1.165, 1.54) is 0 Å². The fourth-order valence-electron chi connectivity index (χ4n) is 2.51. The van der Waals surface area contributed by atoms with Gasteiger partial charge in [-0.3, -0.25) is 10.1 Å². The Morgan fingerprint density at radius 3 is 2.76 bits per heavy atom. The third-order valence-electron chi connectivity index (χ3n) is 3.54. The summed E-state index contributed by atoms with van der Waals surface area (Å²) in [7, 11) is 0. The normalized spacial score (nSPS) is 10.9. The Bertz CT molecular complexity index is 811. The zero-order chi connectivity index (χ0) is 14.8. The van der Waals surface area contributed by atoms with Gasteiger partial charge in [-0.05, 0) is 30.7 Å². The van der Waals surface area contributed by atoms with Gasteiger partial charge in [0.25, 0.3) is 5.69 Å². The Morgan fingerprint density at radius 2 is 1.95 bits per heavy atom. The molecule has 0 bridgehead atoms. The number of benzene rings is 2. The maximum Gasteiger partial charge on any atom is 0.272 e. The van der Waals surface area contributed by atoms with Crippen LogP contribution in [-0.4, -0.2) is 9.49 Å². The van der Waals surface area contributed by atoms with Gasteiger partial charge in [-0.25, -0.2) is 0 Å². The molecule has 5 heteroatoms. The number of fused-ring (bicyclic) bond motifs is 1. The van der Waals surface area contributed by atoms with Crippen molar-refractivity contribution < 1.29 is 4.92 Å². The molecule has 0 saturated heterocycles. The van der Waals surface area contributed by atoms with E-state index in [4.69, 9.17) is 0 Å². The summed E-state index contributed by atoms with van der Waals surface area (Å²) in [4.78, 5) is 10.7. The second-order valence-corrected chi connectivity index (χ2v) is 5.76. The molecule has 3 aromatic rings. The van der Waals surface area contributed by atoms with Gasteiger partial charge < -0.3 is 4.57 Å². The molecule has 0 saturated carbocycles. The number of aromatic nitrogens is 1. The zero-order valence-corrected chi connectivity index (χ0v) is 12.8. The molecule has 4 nitrogen and oxygen atoms in total. The van der Waals surface area contributed by atoms with E-state index in [2.05, 4.69) is 38.7 Å². The Balaban J connectivity index is 1.86. The maximum absolute atomic E-state index is 11.0. The molecule has 0 aliphatic rings. The predicted molar refractivity (Wildman–Crippen MR) is 86.4 cm³/mol. The lowest BCUT2D eigenvalue weighted by molar-refractivity contribution is -0.385. The fraction of sp³-hybridized carbons (Fsp3) is 0.125. The first-order valence-electron chi connectivity index (χ1n) is 6.62. The van der Waals surface area contributed by atoms with E-state index in [0.29, 0.717) is 6.42 Å². The highest BCUT2D eigenvalue weighted by Gasteiger charge is 2.12. The number of aryl methyl sites for hydroxylation is 2. The molecular formula is C16H13BrN2O2. The van der Waals surface area contributed by atoms with Crippen molar-refractivity contribution in [2.45, 2.75) is 13.0 Å². The minimum Gasteiger partial charge on any atom is -0.347 e. The number of para-hydroxylation sites is 1. The SMILES string of the molecule is O=[N+]([O-])c1ccccc1CCn1ccc2cc(Br)ccc21. The van der Waals surface area contributed by atoms with Crippen molar-refractivity contribution in [3.05, 3.63) is 74.9 Å². The van der Waals surface area contributed by atoms with Crippen LogP contribution in [0.2, 0.25) is 0 Å². The van der Waals surface area contributed by atoms with Gasteiger partial charge in [0.05, 0.1) is 4.92 Å². The lowest BCUT2D eigenvalue weighted by Crippen LogP contribution is -2.02. The van der Waals surface area contributed by atoms with Gasteiger partial charge in [-0.2, -0.15) is 0 Å². The molecule has 0 radical (unpaired) electrons. The smallest absolute Gasteiger partial charge is 0.272 e. The number of nitro groups is 1. The first-order chi connectivity index (χ1) is 10.1. The Kier molecular flexibility index (Phi) is 3.75. The Morgan fingerprint density at radius 1 is 1.14 bits per heavy atom. The van der Waals surface area contributed by atoms with Crippen molar-refractivity contribution in [1.82, 2.24) is 4.57 Å². The van der Waals surface area contributed by atoms with Crippen molar-refractivity contribution in [3.63, 3.8) is 0 Å². The van der Waals surface area contributed by atoms with Gasteiger partial charge >= 0.3 is 0 Å². The Hall–Kier alpha value is -2.14. The van der Waals surface area contributed by atoms with Crippen LogP contribution in [0.25, 0.3) is 10.9 Å². The van der Waals surface area contributed by atoms with Crippen LogP contribution in [0.4, 0.5) is 5.69 Å². The van der Waals surface area contributed by atoms with Crippen molar-refractivity contribution in [3.8, 4) is 0 Å². The van der Waals surface area contributed by atoms with Crippen LogP contribution in [0.15, 0.2) is 59.2 Å². The highest BCUT2D eigenvalue weighted by molar-refractivity contribution is 9.10. The summed E-state index contributed by atoms with van der Waals surface area (Å²) >= 11 is 3.46. The van der Waals surface area contributed by atoms with Crippen LogP contribution < -0.4 is 0 Å². The van der Waals surface area contributed by atoms with E-state index >= 15 is 0 Å². The highest BCUT2D eigenvalue weighted by Crippen LogP contribution is 2.23. The van der Waals surface area contributed by atoms with Gasteiger partial charge in [-0.15, -0.1) is 0 Å². The molecule has 0 atom stereocenters. The molecule has 1 aromatic heterocycles. The second-order valence-electron chi connectivity index (χ2n) is 4.85. The van der Waals surface area contributed by atoms with Gasteiger partial charge in [-0.1, -0.05) is 34.1 Å². The first-order valence-corrected chi connectivity index (χ1v) is 7.41. The number of hydrogen-bond donors (Lipinski definition) is 0. The topological polar surface area (TPSA) is 48.1 Å². The first kappa shape index (κ1) is 13.8. The number of nitro benzene ring substituents is 1. The lowest BCUT2D eigenvalue weighted by Gasteiger charge is -2.06. The molecule has 1 heterocycles. The van der Waals surface area contributed by atoms with E-state index in [0.717, 1.165) is 27.5 Å². The second kappa shape index (κ2) is 5.69. The van der Waals surface area contributed by atoms with Crippen molar-refractivity contribution in [2.24, 2.45) is 0 Å². The number of nitrogens with zero attached hydrogens (tertiary/aromatic N) is 2. The molecule has 106 valence electrons. The van der Waals surface area contributed by atoms with Crippen molar-refractivity contribution >= 4 is 32.5 Å². The van der Waals surface area contributed by atoms with Gasteiger partial charge in [0, 0.05) is 39.7 Å². The number of rotatable bonds is 4. The molecule has 0 fully saturated rings. The zero-order valence-electron chi connectivity index (χ0n) is 11.2. The third-order valence-corrected chi connectivity index (χ3v) is 4.04. The monoisotopic (exact) mass is 344 g/mol. The lowest BCUT2D eigenvalue weighted by atomic mass is 10.1. The summed E-state index contributed by atoms with van der Waals surface area (Å²) in [5.41, 5.74) is 2.09. The quantitative estimate of drug-likeness (QED) is 0.514. The molecule has 0 amide bonds. The molecule has 0 spiro atoms. The summed E-state index contributed by atoms with van der Waals surface area (Å²) in [6, 6.07) is 15.1. The largest absolute Gasteiger partial charge is 0.347 e. The molecule has 0 unspecified atom stereocenters. The Labute approximate surface area is 130 Å². The summed E-state index contributed by atoms with van der Waals surface area (Å²) < 4.78 is 3.17. The van der Waals surface area contributed by atoms with Crippen molar-refractivity contribution in [2.75, 3.05) is 0 Å². The van der Waals surface area contributed by atoms with Gasteiger partial charge in [0.2, 0.25) is 0 Å². The summed E-state index contributed by atoms with van der Waals surface area (Å²) in [5, 5.41) is 12.2. The summed E-state index contributed by atoms with van der Waals surface area (Å²) in [6.07, 6.45) is 2.66. The van der Waals surface area contributed by atoms with Crippen molar-refractivity contribution in [1.29, 1.82) is 0 Å². The van der Waals surface area contributed by atoms with Gasteiger partial charge in [0.1, 0.15) is 0 Å². The average Bonchev–Trinajstić information content (AvgIpc) is 2.87. The van der Waals surface area contributed by atoms with E-state index in [9.17, 15) is 10.1 Å². The number of hydrogen-bond acceptors (Lipinski definition) is 2. The highest BCUT2D eigenvalue weighted by atomic mass is 79.9. The molecule has 0 N–H and O–H groups in total. The average molecular weight is 345 g/mol. The molecule has 0 aliphatic heterocycles. The molecule has 2 aromatic carbocycles. The molecule has 21 heavy (non-hydrogen) atoms. The van der Waals surface area contributed by atoms with Crippen LogP contribution in [0.5, 0.6) is 0 Å². The minimum atomic E-state index is -0.319. The maximum atomic E-state index is 11.0. The molecular weight excluding hydrogens is 332 g/mol. The standard InChI is InChI=1S/C16H13BrN2O2/c17-14-5-6-15-13(11-14)8-10-18(15)9-7-12-3-1-2-4-16(12)19(20)21/h1-6,8,10-11H,7,9H2. The van der Waals surface area contributed by atoms with Crippen LogP contribution >= 0.6 is 15.9 Å². The summed E-state index contributed by atoms with van der Waals surface area (Å²) in [6.45, 7) is 0.718. The van der Waals surface area contributed by atoms with Crippen LogP contribution in [-0.2, 0) is 13.0 Å². The van der Waals surface area contributed by atoms with Crippen LogP contribution in [0.1, 0.15) is 5.56 Å². The van der Waals surface area contributed by atoms with Crippen LogP contribution in [0.3, 0.4) is 0 Å². The number of halogens is 1. The van der Waals surface area contributed by atoms with E-state index < -0.39 is 0 Å². The van der Waals surface area contributed by atoms with E-state index in [1.807, 2.05) is 24.4 Å². The third kappa shape index (κ3) is 2.83.